The molecule has 15 atom stereocenters. The lowest BCUT2D eigenvalue weighted by molar-refractivity contribution is -0.142. The van der Waals surface area contributed by atoms with Crippen LogP contribution in [0.25, 0.3) is 33.4 Å². The summed E-state index contributed by atoms with van der Waals surface area (Å²) in [5, 5.41) is 114. The average molecular weight is 1780 g/mol. The van der Waals surface area contributed by atoms with E-state index in [9.17, 15) is 70.4 Å². The summed E-state index contributed by atoms with van der Waals surface area (Å²) in [6, 6.07) is 46.6. The number of nitrogens with one attached hydrogen (secondary N) is 3. The number of aliphatic hydroxyl groups is 6. The first kappa shape index (κ1) is 103. The molecule has 700 valence electrons. The van der Waals surface area contributed by atoms with Crippen molar-refractivity contribution >= 4 is 30.0 Å². The van der Waals surface area contributed by atoms with Crippen molar-refractivity contribution in [2.24, 2.45) is 41.2 Å². The van der Waals surface area contributed by atoms with Gasteiger partial charge < -0.3 is 90.9 Å². The van der Waals surface area contributed by atoms with E-state index >= 15 is 0 Å². The Labute approximate surface area is 763 Å². The van der Waals surface area contributed by atoms with E-state index in [1.807, 2.05) is 109 Å². The molecule has 3 aliphatic heterocycles. The van der Waals surface area contributed by atoms with Crippen molar-refractivity contribution in [3.05, 3.63) is 177 Å². The van der Waals surface area contributed by atoms with Crippen LogP contribution in [0, 0.1) is 90.3 Å². The Morgan fingerprint density at radius 3 is 1.13 bits per heavy atom. The van der Waals surface area contributed by atoms with Gasteiger partial charge in [0.05, 0.1) is 88.0 Å². The van der Waals surface area contributed by atoms with Crippen LogP contribution in [0.2, 0.25) is 0 Å². The normalized spacial score (nSPS) is 23.5. The van der Waals surface area contributed by atoms with Crippen molar-refractivity contribution in [2.75, 3.05) is 80.4 Å². The second-order valence-electron chi connectivity index (χ2n) is 38.4. The number of nitriles is 3. The fourth-order valence-corrected chi connectivity index (χ4v) is 19.5. The number of rotatable bonds is 29. The van der Waals surface area contributed by atoms with Crippen molar-refractivity contribution in [1.82, 2.24) is 25.8 Å². The molecule has 6 aromatic carbocycles. The van der Waals surface area contributed by atoms with E-state index in [-0.39, 0.29) is 60.8 Å². The number of aryl methyl sites for hydroxylation is 3. The number of piperidine rings is 3. The molecule has 0 bridgehead atoms. The first-order valence-corrected chi connectivity index (χ1v) is 46.2. The number of likely N-dealkylation sites (tertiary alicyclic amines) is 2. The summed E-state index contributed by atoms with van der Waals surface area (Å²) in [6.07, 6.45) is 10.1. The molecule has 26 heteroatoms. The second kappa shape index (κ2) is 47.9. The number of carboxylic acid groups (broad SMARTS) is 1. The Kier molecular flexibility index (Phi) is 38.3. The molecule has 3 saturated heterocycles. The first-order chi connectivity index (χ1) is 61.4. The predicted octanol–water partition coefficient (Wildman–Crippen LogP) is 14.6. The summed E-state index contributed by atoms with van der Waals surface area (Å²) in [7, 11) is 5.06. The zero-order valence-corrected chi connectivity index (χ0v) is 77.8. The molecular weight excluding hydrogens is 1640 g/mol. The van der Waals surface area contributed by atoms with Gasteiger partial charge in [0.25, 0.3) is 0 Å². The molecule has 129 heavy (non-hydrogen) atoms. The lowest BCUT2D eigenvalue weighted by Gasteiger charge is -2.44. The number of unbranched alkanes of at least 4 members (excludes halogenated alkanes) is 3. The summed E-state index contributed by atoms with van der Waals surface area (Å²) in [5.74, 6) is -2.55. The quantitative estimate of drug-likeness (QED) is 0.0194. The molecule has 4 amide bonds. The van der Waals surface area contributed by atoms with Crippen molar-refractivity contribution in [3.63, 3.8) is 0 Å². The Bertz CT molecular complexity index is 4820. The standard InChI is InChI=1S/C36H49N3O6.C31H41N3O4.C25H32N2O2.C11H19NO5/c1-24-10-8-11-26(18-24)29-19-25(22-37)13-14-30(29)36(43,15-6-7-17-44-5)28-12-9-16-39(23-28)33(41)27-20-31(32(40)21-27)38-34(42)45-35(2,3)4;1-21-7-5-8-23(15-21)26-16-22(19-32)10-11-27(26)31(37,12-3-4-14-38-2)25-9-6-13-34(20-25)30(36)24-17-28(33)29(35)18-24;1-19-7-5-8-21(15-19)23-16-20(17-26)10-11-24(23)25(28,12-3-4-14-29-2)22-9-6-13-27-18-22;1-11(2,3)17-10(16)12-7-4-6(9(14)15)5-8(7)13/h8,10-11,13-14,18-19,27-28,31-32,40,43H,6-7,9,12,15-17,20-21,23H2,1-5H3,(H,38,42);5,7-8,10-11,15-16,24-25,28-29,35,37H,3-4,6,9,12-14,17-18,20,33H2,1-2H3;5,7-8,10-11,15-16,22,27-28H,3-4,6,9,12-14,18H2,1-2H3;6-8,13H,4-5H2,1-3H3,(H,12,16)(H,14,15)/t27-,28+,31+,32-,36-;24-,25+,28+,29-,31-;22-,25+;6-,7+,8-/m0010/s1. The van der Waals surface area contributed by atoms with E-state index in [2.05, 4.69) is 71.4 Å². The fraction of sp³-hybridized carbons (Fsp3) is 0.573. The van der Waals surface area contributed by atoms with Crippen LogP contribution in [0.4, 0.5) is 9.59 Å². The molecule has 0 radical (unpaired) electrons. The number of ether oxygens (including phenoxy) is 5. The van der Waals surface area contributed by atoms with Crippen LogP contribution in [0.5, 0.6) is 0 Å². The van der Waals surface area contributed by atoms with Gasteiger partial charge in [0.15, 0.2) is 0 Å². The average Bonchev–Trinajstić information content (AvgIpc) is 1.35. The van der Waals surface area contributed by atoms with Crippen LogP contribution in [-0.2, 0) is 54.9 Å². The smallest absolute Gasteiger partial charge is 0.407 e. The van der Waals surface area contributed by atoms with E-state index in [0.29, 0.717) is 101 Å². The third-order valence-electron chi connectivity index (χ3n) is 26.2. The monoisotopic (exact) mass is 1780 g/mol. The van der Waals surface area contributed by atoms with E-state index in [0.717, 1.165) is 151 Å². The highest BCUT2D eigenvalue weighted by atomic mass is 16.6. The summed E-state index contributed by atoms with van der Waals surface area (Å²) >= 11 is 0. The highest BCUT2D eigenvalue weighted by Crippen LogP contribution is 2.49. The van der Waals surface area contributed by atoms with Crippen molar-refractivity contribution in [1.29, 1.82) is 15.8 Å². The van der Waals surface area contributed by atoms with Crippen LogP contribution < -0.4 is 21.7 Å². The zero-order valence-electron chi connectivity index (χ0n) is 77.8. The Balaban J connectivity index is 0.000000203. The molecule has 3 saturated carbocycles. The SMILES string of the molecule is CC(C)(C)OC(=O)N[C@@H]1C[C@H](C(=O)O)C[C@@H]1O.COCCCC[C@@](O)(c1ccc(C#N)cc1-c1cccc(C)c1)[C@@H]1CCCN(C(=O)[C@@H]2C[C@H](O)[C@H](NC(=O)OC(C)(C)C)C2)C1.COCCCC[C@@](O)(c1ccc(C#N)cc1-c1cccc(C)c1)[C@@H]1CCCN(C(=O)[C@H]2C[C@@H](N)[C@@H](O)C2)C1.COCCCC[C@@](O)(c1ccc(C#N)cc1-c1cccc(C)c1)[C@@H]1CCCNC1. The maximum Gasteiger partial charge on any atom is 0.407 e. The minimum absolute atomic E-state index is 0.0298. The van der Waals surface area contributed by atoms with Crippen molar-refractivity contribution in [3.8, 4) is 51.6 Å². The van der Waals surface area contributed by atoms with Gasteiger partial charge in [-0.25, -0.2) is 9.59 Å². The molecular formula is C103H141N9O17. The molecule has 0 aromatic heterocycles. The second-order valence-corrected chi connectivity index (χ2v) is 38.4. The van der Waals surface area contributed by atoms with Gasteiger partial charge in [0.1, 0.15) is 11.2 Å². The molecule has 12 N–H and O–H groups in total. The summed E-state index contributed by atoms with van der Waals surface area (Å²) in [6.45, 7) is 22.4. The fourth-order valence-electron chi connectivity index (χ4n) is 19.5. The van der Waals surface area contributed by atoms with Crippen molar-refractivity contribution in [2.45, 2.75) is 262 Å². The van der Waals surface area contributed by atoms with Gasteiger partial charge >= 0.3 is 18.2 Å². The van der Waals surface area contributed by atoms with Crippen LogP contribution in [0.15, 0.2) is 127 Å². The number of hydrogen-bond acceptors (Lipinski definition) is 21. The largest absolute Gasteiger partial charge is 0.481 e. The summed E-state index contributed by atoms with van der Waals surface area (Å²) < 4.78 is 26.2. The lowest BCUT2D eigenvalue weighted by Crippen LogP contribution is -2.49. The van der Waals surface area contributed by atoms with Crippen molar-refractivity contribution < 1.29 is 83.4 Å². The number of carbonyl (C=O) groups excluding carboxylic acids is 4. The third-order valence-corrected chi connectivity index (χ3v) is 26.2. The minimum atomic E-state index is -1.25. The molecule has 0 unspecified atom stereocenters. The zero-order chi connectivity index (χ0) is 94.0. The maximum atomic E-state index is 13.9. The predicted molar refractivity (Wildman–Crippen MR) is 495 cm³/mol. The molecule has 6 fully saturated rings. The first-order valence-electron chi connectivity index (χ1n) is 46.2. The van der Waals surface area contributed by atoms with Gasteiger partial charge in [-0.2, -0.15) is 15.8 Å². The number of carboxylic acids is 1. The highest BCUT2D eigenvalue weighted by molar-refractivity contribution is 5.81. The molecule has 26 nitrogen and oxygen atoms in total. The molecule has 6 aromatic rings. The van der Waals surface area contributed by atoms with Crippen LogP contribution in [-0.4, -0.2) is 204 Å². The van der Waals surface area contributed by atoms with Crippen LogP contribution >= 0.6 is 0 Å². The minimum Gasteiger partial charge on any atom is -0.481 e. The molecule has 3 aliphatic carbocycles. The molecule has 6 aliphatic rings. The van der Waals surface area contributed by atoms with E-state index in [1.54, 1.807) is 75.0 Å². The van der Waals surface area contributed by atoms with Gasteiger partial charge in [0, 0.05) is 110 Å². The molecule has 3 heterocycles. The number of nitrogens with two attached hydrogens (primary N) is 1. The Morgan fingerprint density at radius 2 is 0.814 bits per heavy atom. The van der Waals surface area contributed by atoms with Gasteiger partial charge in [-0.1, -0.05) is 108 Å². The number of amides is 4. The van der Waals surface area contributed by atoms with Gasteiger partial charge in [-0.05, 0) is 290 Å². The van der Waals surface area contributed by atoms with E-state index < -0.39 is 88.4 Å². The number of aliphatic hydroxyl groups excluding tert-OH is 3. The van der Waals surface area contributed by atoms with E-state index in [4.69, 9.17) is 34.5 Å². The highest BCUT2D eigenvalue weighted by Gasteiger charge is 2.49. The number of aliphatic carboxylic acids is 1. The maximum absolute atomic E-state index is 13.9. The lowest BCUT2D eigenvalue weighted by atomic mass is 9.71. The summed E-state index contributed by atoms with van der Waals surface area (Å²) in [5.41, 5.74) is 14.5. The number of alkyl carbamates (subject to hydrolysis) is 2. The number of hydrogen-bond donors (Lipinski definition) is 11. The van der Waals surface area contributed by atoms with Crippen LogP contribution in [0.3, 0.4) is 0 Å². The topological polar surface area (TPSA) is 413 Å². The van der Waals surface area contributed by atoms with Crippen LogP contribution in [0.1, 0.15) is 226 Å². The molecule has 12 rings (SSSR count). The number of benzene rings is 6. The van der Waals surface area contributed by atoms with E-state index in [1.165, 1.54) is 5.56 Å². The number of carbonyl (C=O) groups is 5. The Hall–Kier alpha value is -9.70. The Morgan fingerprint density at radius 1 is 0.465 bits per heavy atom. The summed E-state index contributed by atoms with van der Waals surface area (Å²) in [4.78, 5) is 65.5. The number of nitrogens with zero attached hydrogens (tertiary/aromatic N) is 5. The van der Waals surface area contributed by atoms with Gasteiger partial charge in [-0.15, -0.1) is 0 Å². The van der Waals surface area contributed by atoms with Gasteiger partial charge in [-0.3, -0.25) is 14.4 Å². The number of methoxy groups -OCH3 is 3. The molecule has 0 spiro atoms. The van der Waals surface area contributed by atoms with Gasteiger partial charge in [0.2, 0.25) is 11.8 Å². The third kappa shape index (κ3) is 28.7.